The van der Waals surface area contributed by atoms with E-state index in [0.717, 1.165) is 36.8 Å². The molecule has 0 aliphatic heterocycles. The molecule has 1 N–H and O–H groups in total. The van der Waals surface area contributed by atoms with Gasteiger partial charge < -0.3 is 14.8 Å². The highest BCUT2D eigenvalue weighted by Crippen LogP contribution is 2.17. The highest BCUT2D eigenvalue weighted by molar-refractivity contribution is 5.75. The minimum Gasteiger partial charge on any atom is -0.468 e. The van der Waals surface area contributed by atoms with E-state index in [2.05, 4.69) is 12.2 Å². The van der Waals surface area contributed by atoms with Gasteiger partial charge in [-0.1, -0.05) is 80.4 Å². The van der Waals surface area contributed by atoms with Crippen LogP contribution in [0.1, 0.15) is 50.2 Å². The van der Waals surface area contributed by atoms with Crippen molar-refractivity contribution in [1.29, 1.82) is 0 Å². The molecule has 2 aromatic carbocycles. The Bertz CT molecular complexity index is 763. The Morgan fingerprint density at radius 1 is 0.871 bits per heavy atom. The van der Waals surface area contributed by atoms with Crippen molar-refractivity contribution >= 4 is 11.9 Å². The van der Waals surface area contributed by atoms with Crippen molar-refractivity contribution in [3.05, 3.63) is 71.8 Å². The molecule has 2 atom stereocenters. The summed E-state index contributed by atoms with van der Waals surface area (Å²) in [7, 11) is 1.42. The molecule has 0 spiro atoms. The normalized spacial score (nSPS) is 12.7. The summed E-state index contributed by atoms with van der Waals surface area (Å²) in [5.41, 5.74) is 2.10. The first-order chi connectivity index (χ1) is 15.1. The topological polar surface area (TPSA) is 64.6 Å². The molecule has 2 rings (SSSR count). The fourth-order valence-electron chi connectivity index (χ4n) is 3.53. The van der Waals surface area contributed by atoms with Crippen LogP contribution in [-0.2, 0) is 32.1 Å². The molecule has 0 amide bonds. The van der Waals surface area contributed by atoms with Gasteiger partial charge in [-0.05, 0) is 43.4 Å². The third kappa shape index (κ3) is 9.35. The van der Waals surface area contributed by atoms with E-state index in [1.54, 1.807) is 0 Å². The quantitative estimate of drug-likeness (QED) is 0.351. The van der Waals surface area contributed by atoms with E-state index in [-0.39, 0.29) is 30.5 Å². The van der Waals surface area contributed by atoms with Gasteiger partial charge in [-0.3, -0.25) is 9.59 Å². The van der Waals surface area contributed by atoms with Crippen LogP contribution in [0.4, 0.5) is 0 Å². The van der Waals surface area contributed by atoms with Crippen LogP contribution in [0.25, 0.3) is 0 Å². The Labute approximate surface area is 186 Å². The molecular weight excluding hydrogens is 390 g/mol. The highest BCUT2D eigenvalue weighted by atomic mass is 16.5. The van der Waals surface area contributed by atoms with Gasteiger partial charge in [-0.2, -0.15) is 0 Å². The monoisotopic (exact) mass is 425 g/mol. The molecule has 0 fully saturated rings. The van der Waals surface area contributed by atoms with Crippen LogP contribution in [0.15, 0.2) is 60.7 Å². The number of esters is 2. The molecule has 2 aromatic rings. The van der Waals surface area contributed by atoms with Gasteiger partial charge in [0.05, 0.1) is 13.0 Å². The number of hydrogen-bond donors (Lipinski definition) is 1. The van der Waals surface area contributed by atoms with Gasteiger partial charge in [0.25, 0.3) is 0 Å². The molecule has 0 aliphatic rings. The zero-order chi connectivity index (χ0) is 22.3. The lowest BCUT2D eigenvalue weighted by Crippen LogP contribution is -2.38. The number of carbonyl (C=O) groups excluding carboxylic acids is 2. The maximum atomic E-state index is 12.8. The van der Waals surface area contributed by atoms with Crippen molar-refractivity contribution in [3.63, 3.8) is 0 Å². The van der Waals surface area contributed by atoms with Crippen LogP contribution in [0.5, 0.6) is 0 Å². The fraction of sp³-hybridized carbons (Fsp3) is 0.462. The maximum Gasteiger partial charge on any atom is 0.322 e. The lowest BCUT2D eigenvalue weighted by molar-refractivity contribution is -0.150. The van der Waals surface area contributed by atoms with E-state index < -0.39 is 0 Å². The molecule has 5 nitrogen and oxygen atoms in total. The average molecular weight is 426 g/mol. The Balaban J connectivity index is 1.90. The zero-order valence-electron chi connectivity index (χ0n) is 18.7. The predicted octanol–water partition coefficient (Wildman–Crippen LogP) is 4.69. The molecule has 5 heteroatoms. The highest BCUT2D eigenvalue weighted by Gasteiger charge is 2.22. The Kier molecular flexibility index (Phi) is 11.4. The van der Waals surface area contributed by atoms with Crippen molar-refractivity contribution in [2.45, 2.75) is 58.1 Å². The number of ether oxygens (including phenoxy) is 2. The van der Waals surface area contributed by atoms with Crippen molar-refractivity contribution in [3.8, 4) is 0 Å². The summed E-state index contributed by atoms with van der Waals surface area (Å²) in [6, 6.07) is 19.4. The van der Waals surface area contributed by atoms with E-state index >= 15 is 0 Å². The number of rotatable bonds is 14. The molecule has 0 heterocycles. The summed E-state index contributed by atoms with van der Waals surface area (Å²) >= 11 is 0. The Morgan fingerprint density at radius 3 is 2.13 bits per heavy atom. The Hall–Kier alpha value is -2.66. The largest absolute Gasteiger partial charge is 0.468 e. The van der Waals surface area contributed by atoms with E-state index in [1.165, 1.54) is 7.11 Å². The molecule has 0 saturated heterocycles. The first-order valence-electron chi connectivity index (χ1n) is 11.2. The predicted molar refractivity (Wildman–Crippen MR) is 122 cm³/mol. The molecule has 0 saturated carbocycles. The third-order valence-corrected chi connectivity index (χ3v) is 5.33. The first-order valence-corrected chi connectivity index (χ1v) is 11.2. The second-order valence-corrected chi connectivity index (χ2v) is 7.79. The maximum absolute atomic E-state index is 12.8. The van der Waals surface area contributed by atoms with Gasteiger partial charge in [0.15, 0.2) is 0 Å². The molecule has 31 heavy (non-hydrogen) atoms. The summed E-state index contributed by atoms with van der Waals surface area (Å²) in [5.74, 6) is -0.625. The molecule has 0 bridgehead atoms. The van der Waals surface area contributed by atoms with Crippen LogP contribution >= 0.6 is 0 Å². The molecule has 0 aliphatic carbocycles. The van der Waals surface area contributed by atoms with Crippen LogP contribution in [0.3, 0.4) is 0 Å². The first kappa shape index (κ1) is 24.6. The smallest absolute Gasteiger partial charge is 0.322 e. The zero-order valence-corrected chi connectivity index (χ0v) is 18.7. The van der Waals surface area contributed by atoms with Crippen molar-refractivity contribution in [2.75, 3.05) is 13.7 Å². The number of methoxy groups -OCH3 is 1. The van der Waals surface area contributed by atoms with Gasteiger partial charge in [-0.15, -0.1) is 0 Å². The summed E-state index contributed by atoms with van der Waals surface area (Å²) < 4.78 is 10.5. The van der Waals surface area contributed by atoms with Crippen LogP contribution in [0, 0.1) is 5.92 Å². The number of hydrogen-bond acceptors (Lipinski definition) is 5. The SMILES string of the molecule is CCCCC(NCCCC(Cc1ccccc1)C(=O)OCc1ccccc1)C(=O)OC. The van der Waals surface area contributed by atoms with Crippen LogP contribution < -0.4 is 5.32 Å². The van der Waals surface area contributed by atoms with Crippen molar-refractivity contribution in [1.82, 2.24) is 5.32 Å². The van der Waals surface area contributed by atoms with Crippen LogP contribution in [-0.4, -0.2) is 31.6 Å². The summed E-state index contributed by atoms with van der Waals surface area (Å²) in [4.78, 5) is 24.8. The molecule has 0 radical (unpaired) electrons. The van der Waals surface area contributed by atoms with Gasteiger partial charge in [-0.25, -0.2) is 0 Å². The van der Waals surface area contributed by atoms with E-state index in [9.17, 15) is 9.59 Å². The summed E-state index contributed by atoms with van der Waals surface area (Å²) in [6.45, 7) is 3.04. The lowest BCUT2D eigenvalue weighted by Gasteiger charge is -2.19. The van der Waals surface area contributed by atoms with Crippen LogP contribution in [0.2, 0.25) is 0 Å². The van der Waals surface area contributed by atoms with Gasteiger partial charge >= 0.3 is 11.9 Å². The summed E-state index contributed by atoms with van der Waals surface area (Å²) in [6.07, 6.45) is 4.87. The third-order valence-electron chi connectivity index (χ3n) is 5.33. The van der Waals surface area contributed by atoms with E-state index in [4.69, 9.17) is 9.47 Å². The van der Waals surface area contributed by atoms with Gasteiger partial charge in [0.2, 0.25) is 0 Å². The second-order valence-electron chi connectivity index (χ2n) is 7.79. The minimum absolute atomic E-state index is 0.178. The lowest BCUT2D eigenvalue weighted by atomic mass is 9.94. The molecule has 168 valence electrons. The average Bonchev–Trinajstić information content (AvgIpc) is 2.82. The number of unbranched alkanes of at least 4 members (excludes halogenated alkanes) is 1. The van der Waals surface area contributed by atoms with Crippen molar-refractivity contribution in [2.24, 2.45) is 5.92 Å². The van der Waals surface area contributed by atoms with E-state index in [1.807, 2.05) is 60.7 Å². The fourth-order valence-corrected chi connectivity index (χ4v) is 3.53. The molecule has 2 unspecified atom stereocenters. The van der Waals surface area contributed by atoms with Crippen molar-refractivity contribution < 1.29 is 19.1 Å². The Morgan fingerprint density at radius 2 is 1.52 bits per heavy atom. The molecule has 0 aromatic heterocycles. The molecular formula is C26H35NO4. The minimum atomic E-state index is -0.289. The number of nitrogens with one attached hydrogen (secondary N) is 1. The second kappa shape index (κ2) is 14.4. The number of carbonyl (C=O) groups is 2. The number of benzene rings is 2. The summed E-state index contributed by atoms with van der Waals surface area (Å²) in [5, 5.41) is 3.29. The van der Waals surface area contributed by atoms with Gasteiger partial charge in [0, 0.05) is 0 Å². The van der Waals surface area contributed by atoms with E-state index in [0.29, 0.717) is 19.4 Å². The van der Waals surface area contributed by atoms with Gasteiger partial charge in [0.1, 0.15) is 12.6 Å². The standard InChI is InChI=1S/C26H35NO4/c1-3-4-17-24(26(29)30-2)27-18-11-16-23(19-21-12-7-5-8-13-21)25(28)31-20-22-14-9-6-10-15-22/h5-10,12-15,23-24,27H,3-4,11,16-20H2,1-2H3.